The van der Waals surface area contributed by atoms with E-state index in [1.807, 2.05) is 18.2 Å². The van der Waals surface area contributed by atoms with Crippen LogP contribution in [0.25, 0.3) is 10.8 Å². The molecule has 0 aliphatic rings. The highest BCUT2D eigenvalue weighted by atomic mass is 79.9. The average Bonchev–Trinajstić information content (AvgIpc) is 2.46. The Hall–Kier alpha value is -2.14. The lowest BCUT2D eigenvalue weighted by Gasteiger charge is -2.12. The highest BCUT2D eigenvalue weighted by Gasteiger charge is 2.06. The molecule has 3 nitrogen and oxygen atoms in total. The number of nitrogens with two attached hydrogens (primary N) is 1. The van der Waals surface area contributed by atoms with Crippen LogP contribution in [-0.2, 0) is 0 Å². The fraction of sp³-hybridized carbons (Fsp3) is 0. The van der Waals surface area contributed by atoms with Crippen LogP contribution >= 0.6 is 15.9 Å². The van der Waals surface area contributed by atoms with E-state index in [1.165, 1.54) is 6.07 Å². The number of hydrogen-bond acceptors (Lipinski definition) is 3. The Morgan fingerprint density at radius 3 is 2.80 bits per heavy atom. The van der Waals surface area contributed by atoms with Gasteiger partial charge < -0.3 is 11.1 Å². The average molecular weight is 332 g/mol. The number of benzene rings is 2. The van der Waals surface area contributed by atoms with E-state index in [0.29, 0.717) is 10.2 Å². The molecule has 0 amide bonds. The molecule has 3 aromatic rings. The molecule has 3 N–H and O–H groups in total. The standard InChI is InChI=1S/C15H11BrFN3/c16-12-7-10(2-3-13(12)17)20-14-4-1-9-8-19-6-5-11(9)15(14)18/h1-8,20H,18H2. The molecular formula is C15H11BrFN3. The first-order valence-electron chi connectivity index (χ1n) is 5.99. The van der Waals surface area contributed by atoms with Crippen molar-refractivity contribution in [2.24, 2.45) is 0 Å². The number of hydrogen-bond donors (Lipinski definition) is 2. The fourth-order valence-corrected chi connectivity index (χ4v) is 2.41. The van der Waals surface area contributed by atoms with E-state index >= 15 is 0 Å². The van der Waals surface area contributed by atoms with E-state index in [9.17, 15) is 4.39 Å². The van der Waals surface area contributed by atoms with Gasteiger partial charge in [0.2, 0.25) is 0 Å². The number of halogens is 2. The van der Waals surface area contributed by atoms with Crippen molar-refractivity contribution >= 4 is 43.8 Å². The summed E-state index contributed by atoms with van der Waals surface area (Å²) in [4.78, 5) is 4.07. The first kappa shape index (κ1) is 12.9. The van der Waals surface area contributed by atoms with Crippen LogP contribution in [0.15, 0.2) is 53.3 Å². The van der Waals surface area contributed by atoms with Gasteiger partial charge in [0.1, 0.15) is 5.82 Å². The summed E-state index contributed by atoms with van der Waals surface area (Å²) in [7, 11) is 0. The van der Waals surface area contributed by atoms with E-state index in [4.69, 9.17) is 5.73 Å². The van der Waals surface area contributed by atoms with Gasteiger partial charge >= 0.3 is 0 Å². The molecule has 0 atom stereocenters. The Morgan fingerprint density at radius 2 is 2.00 bits per heavy atom. The van der Waals surface area contributed by atoms with Crippen molar-refractivity contribution < 1.29 is 4.39 Å². The molecule has 0 saturated carbocycles. The molecule has 20 heavy (non-hydrogen) atoms. The SMILES string of the molecule is Nc1c(Nc2ccc(F)c(Br)c2)ccc2cnccc12. The van der Waals surface area contributed by atoms with Gasteiger partial charge in [-0.2, -0.15) is 0 Å². The lowest BCUT2D eigenvalue weighted by atomic mass is 10.1. The first-order valence-corrected chi connectivity index (χ1v) is 6.79. The largest absolute Gasteiger partial charge is 0.397 e. The number of nitrogens with zero attached hydrogens (tertiary/aromatic N) is 1. The number of rotatable bonds is 2. The number of anilines is 3. The highest BCUT2D eigenvalue weighted by molar-refractivity contribution is 9.10. The Kier molecular flexibility index (Phi) is 3.28. The molecule has 3 rings (SSSR count). The van der Waals surface area contributed by atoms with Gasteiger partial charge in [-0.25, -0.2) is 4.39 Å². The third kappa shape index (κ3) is 2.32. The summed E-state index contributed by atoms with van der Waals surface area (Å²) in [6.07, 6.45) is 3.47. The molecule has 0 radical (unpaired) electrons. The molecule has 0 aliphatic heterocycles. The molecule has 0 aliphatic carbocycles. The van der Waals surface area contributed by atoms with Gasteiger partial charge in [0.05, 0.1) is 15.8 Å². The zero-order valence-corrected chi connectivity index (χ0v) is 12.0. The molecule has 0 bridgehead atoms. The predicted molar refractivity (Wildman–Crippen MR) is 83.5 cm³/mol. The molecule has 0 fully saturated rings. The minimum atomic E-state index is -0.298. The lowest BCUT2D eigenvalue weighted by Crippen LogP contribution is -1.97. The predicted octanol–water partition coefficient (Wildman–Crippen LogP) is 4.46. The van der Waals surface area contributed by atoms with E-state index in [1.54, 1.807) is 24.5 Å². The van der Waals surface area contributed by atoms with Gasteiger partial charge in [-0.1, -0.05) is 6.07 Å². The van der Waals surface area contributed by atoms with Crippen LogP contribution in [0.5, 0.6) is 0 Å². The molecular weight excluding hydrogens is 321 g/mol. The number of fused-ring (bicyclic) bond motifs is 1. The van der Waals surface area contributed by atoms with Crippen LogP contribution in [0.3, 0.4) is 0 Å². The van der Waals surface area contributed by atoms with E-state index in [2.05, 4.69) is 26.2 Å². The Bertz CT molecular complexity index is 789. The van der Waals surface area contributed by atoms with E-state index in [-0.39, 0.29) is 5.82 Å². The maximum atomic E-state index is 13.2. The topological polar surface area (TPSA) is 50.9 Å². The fourth-order valence-electron chi connectivity index (χ4n) is 2.03. The number of nitrogens with one attached hydrogen (secondary N) is 1. The Balaban J connectivity index is 2.02. The third-order valence-corrected chi connectivity index (χ3v) is 3.67. The summed E-state index contributed by atoms with van der Waals surface area (Å²) in [6, 6.07) is 10.4. The molecule has 0 spiro atoms. The maximum Gasteiger partial charge on any atom is 0.137 e. The third-order valence-electron chi connectivity index (χ3n) is 3.06. The van der Waals surface area contributed by atoms with Crippen LogP contribution in [-0.4, -0.2) is 4.98 Å². The van der Waals surface area contributed by atoms with Gasteiger partial charge in [-0.3, -0.25) is 4.98 Å². The summed E-state index contributed by atoms with van der Waals surface area (Å²) in [5.74, 6) is -0.298. The summed E-state index contributed by atoms with van der Waals surface area (Å²) < 4.78 is 13.6. The Labute approximate surface area is 123 Å². The first-order chi connectivity index (χ1) is 9.65. The van der Waals surface area contributed by atoms with Crippen molar-refractivity contribution in [2.45, 2.75) is 0 Å². The van der Waals surface area contributed by atoms with Crippen molar-refractivity contribution in [3.63, 3.8) is 0 Å². The molecule has 5 heteroatoms. The highest BCUT2D eigenvalue weighted by Crippen LogP contribution is 2.31. The summed E-state index contributed by atoms with van der Waals surface area (Å²) >= 11 is 3.16. The second-order valence-corrected chi connectivity index (χ2v) is 5.23. The van der Waals surface area contributed by atoms with Crippen molar-refractivity contribution in [3.05, 3.63) is 59.1 Å². The summed E-state index contributed by atoms with van der Waals surface area (Å²) in [5, 5.41) is 5.11. The smallest absolute Gasteiger partial charge is 0.137 e. The van der Waals surface area contributed by atoms with Crippen LogP contribution in [0.2, 0.25) is 0 Å². The lowest BCUT2D eigenvalue weighted by molar-refractivity contribution is 0.621. The normalized spacial score (nSPS) is 10.7. The van der Waals surface area contributed by atoms with E-state index < -0.39 is 0 Å². The van der Waals surface area contributed by atoms with Gasteiger partial charge in [0, 0.05) is 28.9 Å². The molecule has 100 valence electrons. The van der Waals surface area contributed by atoms with Gasteiger partial charge in [0.25, 0.3) is 0 Å². The number of pyridine rings is 1. The van der Waals surface area contributed by atoms with Crippen LogP contribution in [0.1, 0.15) is 0 Å². The number of aromatic nitrogens is 1. The second kappa shape index (κ2) is 5.09. The van der Waals surface area contributed by atoms with Crippen molar-refractivity contribution in [1.29, 1.82) is 0 Å². The van der Waals surface area contributed by atoms with Crippen LogP contribution in [0, 0.1) is 5.82 Å². The van der Waals surface area contributed by atoms with Gasteiger partial charge in [-0.15, -0.1) is 0 Å². The number of nitrogen functional groups attached to an aromatic ring is 1. The van der Waals surface area contributed by atoms with Crippen molar-refractivity contribution in [2.75, 3.05) is 11.1 Å². The second-order valence-electron chi connectivity index (χ2n) is 4.38. The summed E-state index contributed by atoms with van der Waals surface area (Å²) in [6.45, 7) is 0. The quantitative estimate of drug-likeness (QED) is 0.681. The molecule has 0 unspecified atom stereocenters. The molecule has 1 aromatic heterocycles. The monoisotopic (exact) mass is 331 g/mol. The van der Waals surface area contributed by atoms with Crippen molar-refractivity contribution in [3.8, 4) is 0 Å². The van der Waals surface area contributed by atoms with Crippen molar-refractivity contribution in [1.82, 2.24) is 4.98 Å². The van der Waals surface area contributed by atoms with Crippen LogP contribution < -0.4 is 11.1 Å². The Morgan fingerprint density at radius 1 is 1.15 bits per heavy atom. The maximum absolute atomic E-state index is 13.2. The minimum Gasteiger partial charge on any atom is -0.397 e. The zero-order chi connectivity index (χ0) is 14.1. The molecule has 2 aromatic carbocycles. The zero-order valence-electron chi connectivity index (χ0n) is 10.4. The minimum absolute atomic E-state index is 0.298. The summed E-state index contributed by atoms with van der Waals surface area (Å²) in [5.41, 5.74) is 8.34. The molecule has 0 saturated heterocycles. The molecule has 1 heterocycles. The van der Waals surface area contributed by atoms with Gasteiger partial charge in [0.15, 0.2) is 0 Å². The van der Waals surface area contributed by atoms with Crippen LogP contribution in [0.4, 0.5) is 21.5 Å². The van der Waals surface area contributed by atoms with Gasteiger partial charge in [-0.05, 0) is 46.3 Å². The van der Waals surface area contributed by atoms with E-state index in [0.717, 1.165) is 22.1 Å².